The maximum absolute atomic E-state index is 12.7. The number of aliphatic hydroxyl groups is 1. The van der Waals surface area contributed by atoms with Crippen LogP contribution in [0.5, 0.6) is 0 Å². The molecule has 0 aromatic carbocycles. The Labute approximate surface area is 106 Å². The van der Waals surface area contributed by atoms with E-state index in [1.165, 1.54) is 0 Å². The Morgan fingerprint density at radius 2 is 2.00 bits per heavy atom. The number of likely N-dealkylation sites (tertiary alicyclic amines) is 1. The van der Waals surface area contributed by atoms with E-state index < -0.39 is 12.1 Å². The number of hydrogen-bond acceptors (Lipinski definition) is 3. The molecule has 1 saturated heterocycles. The number of piperidine rings is 1. The van der Waals surface area contributed by atoms with E-state index in [9.17, 15) is 18.3 Å². The van der Waals surface area contributed by atoms with Crippen molar-refractivity contribution in [1.29, 1.82) is 0 Å². The smallest absolute Gasteiger partial charge is 0.393 e. The first-order valence-electron chi connectivity index (χ1n) is 6.44. The number of halogens is 3. The third-order valence-electron chi connectivity index (χ3n) is 3.79. The van der Waals surface area contributed by atoms with Gasteiger partial charge in [-0.2, -0.15) is 13.2 Å². The van der Waals surface area contributed by atoms with E-state index in [-0.39, 0.29) is 37.6 Å². The average Bonchev–Trinajstić information content (AvgIpc) is 2.29. The molecule has 108 valence electrons. The summed E-state index contributed by atoms with van der Waals surface area (Å²) >= 11 is 0. The molecule has 3 unspecified atom stereocenters. The lowest BCUT2D eigenvalue weighted by Gasteiger charge is -2.41. The molecule has 1 rings (SSSR count). The van der Waals surface area contributed by atoms with Crippen LogP contribution >= 0.6 is 0 Å². The maximum Gasteiger partial charge on any atom is 0.393 e. The number of hydrogen-bond donors (Lipinski definition) is 2. The molecule has 0 bridgehead atoms. The Bertz CT molecular complexity index is 258. The Kier molecular flexibility index (Phi) is 5.43. The molecule has 18 heavy (non-hydrogen) atoms. The lowest BCUT2D eigenvalue weighted by atomic mass is 9.91. The van der Waals surface area contributed by atoms with Crippen molar-refractivity contribution in [3.8, 4) is 0 Å². The van der Waals surface area contributed by atoms with E-state index in [4.69, 9.17) is 5.73 Å². The molecule has 1 heterocycles. The molecule has 6 heteroatoms. The van der Waals surface area contributed by atoms with Crippen LogP contribution in [0, 0.1) is 11.8 Å². The van der Waals surface area contributed by atoms with Crippen molar-refractivity contribution in [3.05, 3.63) is 0 Å². The fourth-order valence-electron chi connectivity index (χ4n) is 2.50. The standard InChI is InChI=1S/C12H23F3N2O/c1-8(2)11(16)10(7-18)17-5-3-4-9(6-17)12(13,14)15/h8-11,18H,3-7,16H2,1-2H3. The molecule has 0 aromatic rings. The summed E-state index contributed by atoms with van der Waals surface area (Å²) in [5.41, 5.74) is 5.97. The minimum Gasteiger partial charge on any atom is -0.395 e. The zero-order chi connectivity index (χ0) is 13.9. The molecule has 0 amide bonds. The summed E-state index contributed by atoms with van der Waals surface area (Å²) in [6.07, 6.45) is -3.47. The van der Waals surface area contributed by atoms with Crippen molar-refractivity contribution >= 4 is 0 Å². The van der Waals surface area contributed by atoms with Crippen LogP contribution in [0.15, 0.2) is 0 Å². The van der Waals surface area contributed by atoms with Gasteiger partial charge in [-0.3, -0.25) is 4.90 Å². The summed E-state index contributed by atoms with van der Waals surface area (Å²) in [5.74, 6) is -1.16. The largest absolute Gasteiger partial charge is 0.395 e. The third-order valence-corrected chi connectivity index (χ3v) is 3.79. The second kappa shape index (κ2) is 6.21. The van der Waals surface area contributed by atoms with E-state index in [0.29, 0.717) is 13.0 Å². The summed E-state index contributed by atoms with van der Waals surface area (Å²) in [6, 6.07) is -0.683. The first-order valence-corrected chi connectivity index (χ1v) is 6.44. The van der Waals surface area contributed by atoms with Crippen LogP contribution in [0.4, 0.5) is 13.2 Å². The Morgan fingerprint density at radius 3 is 2.44 bits per heavy atom. The van der Waals surface area contributed by atoms with Crippen molar-refractivity contribution in [3.63, 3.8) is 0 Å². The van der Waals surface area contributed by atoms with Crippen LogP contribution < -0.4 is 5.73 Å². The van der Waals surface area contributed by atoms with Gasteiger partial charge in [-0.25, -0.2) is 0 Å². The van der Waals surface area contributed by atoms with Crippen molar-refractivity contribution in [1.82, 2.24) is 4.90 Å². The molecular weight excluding hydrogens is 245 g/mol. The summed E-state index contributed by atoms with van der Waals surface area (Å²) in [6.45, 7) is 4.17. The van der Waals surface area contributed by atoms with Gasteiger partial charge in [0.05, 0.1) is 12.5 Å². The highest BCUT2D eigenvalue weighted by molar-refractivity contribution is 4.88. The van der Waals surface area contributed by atoms with Crippen LogP contribution in [0.3, 0.4) is 0 Å². The van der Waals surface area contributed by atoms with Gasteiger partial charge in [-0.15, -0.1) is 0 Å². The fraction of sp³-hybridized carbons (Fsp3) is 1.00. The highest BCUT2D eigenvalue weighted by atomic mass is 19.4. The maximum atomic E-state index is 12.7. The first-order chi connectivity index (χ1) is 8.27. The first kappa shape index (κ1) is 15.7. The molecule has 3 N–H and O–H groups in total. The fourth-order valence-corrected chi connectivity index (χ4v) is 2.50. The van der Waals surface area contributed by atoms with Crippen molar-refractivity contribution in [2.45, 2.75) is 44.9 Å². The van der Waals surface area contributed by atoms with E-state index in [1.54, 1.807) is 4.90 Å². The normalized spacial score (nSPS) is 26.3. The van der Waals surface area contributed by atoms with Gasteiger partial charge >= 0.3 is 6.18 Å². The van der Waals surface area contributed by atoms with Crippen molar-refractivity contribution in [2.75, 3.05) is 19.7 Å². The quantitative estimate of drug-likeness (QED) is 0.814. The molecule has 1 fully saturated rings. The molecule has 0 aliphatic carbocycles. The number of nitrogens with two attached hydrogens (primary N) is 1. The van der Waals surface area contributed by atoms with Gasteiger partial charge in [-0.1, -0.05) is 13.8 Å². The molecule has 3 nitrogen and oxygen atoms in total. The second-order valence-electron chi connectivity index (χ2n) is 5.45. The summed E-state index contributed by atoms with van der Waals surface area (Å²) in [7, 11) is 0. The van der Waals surface area contributed by atoms with Crippen LogP contribution in [-0.4, -0.2) is 48.0 Å². The lowest BCUT2D eigenvalue weighted by molar-refractivity contribution is -0.189. The summed E-state index contributed by atoms with van der Waals surface area (Å²) in [5, 5.41) is 9.38. The van der Waals surface area contributed by atoms with Crippen LogP contribution in [0.1, 0.15) is 26.7 Å². The van der Waals surface area contributed by atoms with Gasteiger partial charge in [0.15, 0.2) is 0 Å². The molecule has 1 aliphatic heterocycles. The molecular formula is C12H23F3N2O. The SMILES string of the molecule is CC(C)C(N)C(CO)N1CCCC(C(F)(F)F)C1. The number of aliphatic hydroxyl groups excluding tert-OH is 1. The number of rotatable bonds is 4. The topological polar surface area (TPSA) is 49.5 Å². The Balaban J connectivity index is 2.69. The predicted molar refractivity (Wildman–Crippen MR) is 64.0 cm³/mol. The summed E-state index contributed by atoms with van der Waals surface area (Å²) < 4.78 is 38.2. The molecule has 0 spiro atoms. The molecule has 0 saturated carbocycles. The molecule has 3 atom stereocenters. The second-order valence-corrected chi connectivity index (χ2v) is 5.45. The van der Waals surface area contributed by atoms with Gasteiger partial charge in [0.25, 0.3) is 0 Å². The van der Waals surface area contributed by atoms with Gasteiger partial charge in [0.2, 0.25) is 0 Å². The summed E-state index contributed by atoms with van der Waals surface area (Å²) in [4.78, 5) is 1.70. The van der Waals surface area contributed by atoms with E-state index >= 15 is 0 Å². The van der Waals surface area contributed by atoms with Crippen LogP contribution in [0.2, 0.25) is 0 Å². The van der Waals surface area contributed by atoms with Crippen molar-refractivity contribution in [2.24, 2.45) is 17.6 Å². The van der Waals surface area contributed by atoms with Crippen LogP contribution in [0.25, 0.3) is 0 Å². The minimum absolute atomic E-state index is 0.0465. The highest BCUT2D eigenvalue weighted by Crippen LogP contribution is 2.34. The number of nitrogens with zero attached hydrogens (tertiary/aromatic N) is 1. The van der Waals surface area contributed by atoms with Gasteiger partial charge in [0.1, 0.15) is 0 Å². The highest BCUT2D eigenvalue weighted by Gasteiger charge is 2.43. The average molecular weight is 268 g/mol. The molecule has 0 radical (unpaired) electrons. The predicted octanol–water partition coefficient (Wildman–Crippen LogP) is 1.60. The third kappa shape index (κ3) is 3.83. The van der Waals surface area contributed by atoms with E-state index in [2.05, 4.69) is 0 Å². The zero-order valence-electron chi connectivity index (χ0n) is 11.0. The van der Waals surface area contributed by atoms with Gasteiger partial charge < -0.3 is 10.8 Å². The van der Waals surface area contributed by atoms with E-state index in [0.717, 1.165) is 0 Å². The lowest BCUT2D eigenvalue weighted by Crippen LogP contribution is -2.56. The Hall–Kier alpha value is -0.330. The molecule has 1 aliphatic rings. The van der Waals surface area contributed by atoms with E-state index in [1.807, 2.05) is 13.8 Å². The molecule has 0 aromatic heterocycles. The van der Waals surface area contributed by atoms with Crippen molar-refractivity contribution < 1.29 is 18.3 Å². The zero-order valence-corrected chi connectivity index (χ0v) is 11.0. The van der Waals surface area contributed by atoms with Gasteiger partial charge in [0, 0.05) is 18.6 Å². The van der Waals surface area contributed by atoms with Crippen LogP contribution in [-0.2, 0) is 0 Å². The van der Waals surface area contributed by atoms with Gasteiger partial charge in [-0.05, 0) is 25.3 Å². The Morgan fingerprint density at radius 1 is 1.39 bits per heavy atom. The monoisotopic (exact) mass is 268 g/mol. The minimum atomic E-state index is -4.15. The number of alkyl halides is 3.